The standard InChI is InChI=1S/C29H49N5O2/c1-19(2)25-17-26(32-28(31-25)29(4,5)6)34-14-13-33(18-20(34)3)12-11-21-15-23(16-21)30-27(36)22-7-9-24(35)10-8-22/h17,19-24,35H,7-16,18H2,1-6H3,(H,30,36)/t20-,21?,22?,23?,24?/m0/s1. The van der Waals surface area contributed by atoms with Crippen LogP contribution < -0.4 is 10.2 Å². The van der Waals surface area contributed by atoms with E-state index in [2.05, 4.69) is 62.7 Å². The zero-order chi connectivity index (χ0) is 26.0. The molecule has 2 saturated carbocycles. The second-order valence-electron chi connectivity index (χ2n) is 13.1. The minimum Gasteiger partial charge on any atom is -0.393 e. The Morgan fingerprint density at radius 1 is 1.14 bits per heavy atom. The number of rotatable bonds is 7. The lowest BCUT2D eigenvalue weighted by Crippen LogP contribution is -2.53. The average Bonchev–Trinajstić information content (AvgIpc) is 2.79. The molecule has 7 nitrogen and oxygen atoms in total. The van der Waals surface area contributed by atoms with Gasteiger partial charge in [0.2, 0.25) is 5.91 Å². The summed E-state index contributed by atoms with van der Waals surface area (Å²) in [6.07, 6.45) is 6.45. The number of carbonyl (C=O) groups is 1. The Balaban J connectivity index is 1.22. The van der Waals surface area contributed by atoms with Gasteiger partial charge in [-0.3, -0.25) is 9.69 Å². The zero-order valence-electron chi connectivity index (χ0n) is 23.5. The van der Waals surface area contributed by atoms with Gasteiger partial charge in [-0.05, 0) is 70.3 Å². The van der Waals surface area contributed by atoms with E-state index in [1.807, 2.05) is 0 Å². The quantitative estimate of drug-likeness (QED) is 0.584. The van der Waals surface area contributed by atoms with Crippen molar-refractivity contribution in [3.8, 4) is 0 Å². The van der Waals surface area contributed by atoms with Gasteiger partial charge in [0, 0.05) is 54.8 Å². The van der Waals surface area contributed by atoms with Crippen molar-refractivity contribution >= 4 is 11.7 Å². The second kappa shape index (κ2) is 11.3. The van der Waals surface area contributed by atoms with Crippen LogP contribution in [0.4, 0.5) is 5.82 Å². The molecule has 2 aliphatic carbocycles. The lowest BCUT2D eigenvalue weighted by Gasteiger charge is -2.42. The average molecular weight is 500 g/mol. The molecular formula is C29H49N5O2. The van der Waals surface area contributed by atoms with Gasteiger partial charge in [-0.15, -0.1) is 0 Å². The summed E-state index contributed by atoms with van der Waals surface area (Å²) in [6.45, 7) is 17.6. The fourth-order valence-electron chi connectivity index (χ4n) is 5.92. The maximum Gasteiger partial charge on any atom is 0.223 e. The van der Waals surface area contributed by atoms with Crippen molar-refractivity contribution in [3.05, 3.63) is 17.6 Å². The Morgan fingerprint density at radius 2 is 1.83 bits per heavy atom. The highest BCUT2D eigenvalue weighted by molar-refractivity contribution is 5.79. The van der Waals surface area contributed by atoms with Crippen molar-refractivity contribution in [3.63, 3.8) is 0 Å². The van der Waals surface area contributed by atoms with Gasteiger partial charge in [0.05, 0.1) is 6.10 Å². The van der Waals surface area contributed by atoms with Gasteiger partial charge in [-0.1, -0.05) is 34.6 Å². The lowest BCUT2D eigenvalue weighted by molar-refractivity contribution is -0.128. The molecule has 0 bridgehead atoms. The first-order valence-electron chi connectivity index (χ1n) is 14.4. The molecule has 1 atom stereocenters. The topological polar surface area (TPSA) is 81.6 Å². The summed E-state index contributed by atoms with van der Waals surface area (Å²) < 4.78 is 0. The monoisotopic (exact) mass is 499 g/mol. The smallest absolute Gasteiger partial charge is 0.223 e. The van der Waals surface area contributed by atoms with Crippen molar-refractivity contribution in [2.75, 3.05) is 31.1 Å². The molecule has 0 aromatic carbocycles. The van der Waals surface area contributed by atoms with E-state index < -0.39 is 0 Å². The Morgan fingerprint density at radius 3 is 2.44 bits per heavy atom. The Bertz CT molecular complexity index is 884. The van der Waals surface area contributed by atoms with E-state index in [-0.39, 0.29) is 23.3 Å². The minimum absolute atomic E-state index is 0.0658. The summed E-state index contributed by atoms with van der Waals surface area (Å²) in [7, 11) is 0. The fourth-order valence-corrected chi connectivity index (χ4v) is 5.92. The number of piperazine rings is 1. The zero-order valence-corrected chi connectivity index (χ0v) is 23.5. The summed E-state index contributed by atoms with van der Waals surface area (Å²) in [4.78, 5) is 27.5. The van der Waals surface area contributed by atoms with Gasteiger partial charge < -0.3 is 15.3 Å². The summed E-state index contributed by atoms with van der Waals surface area (Å²) in [5.74, 6) is 3.45. The third-order valence-electron chi connectivity index (χ3n) is 8.50. The lowest BCUT2D eigenvalue weighted by atomic mass is 9.77. The van der Waals surface area contributed by atoms with E-state index in [0.29, 0.717) is 18.0 Å². The third kappa shape index (κ3) is 6.77. The summed E-state index contributed by atoms with van der Waals surface area (Å²) in [5.41, 5.74) is 1.07. The Labute approximate surface area is 218 Å². The van der Waals surface area contributed by atoms with Crippen LogP contribution in [0.3, 0.4) is 0 Å². The molecular weight excluding hydrogens is 450 g/mol. The maximum absolute atomic E-state index is 12.5. The molecule has 1 aliphatic heterocycles. The van der Waals surface area contributed by atoms with Crippen LogP contribution in [0.15, 0.2) is 6.07 Å². The summed E-state index contributed by atoms with van der Waals surface area (Å²) in [6, 6.07) is 2.98. The highest BCUT2D eigenvalue weighted by Gasteiger charge is 2.34. The maximum atomic E-state index is 12.5. The number of anilines is 1. The molecule has 2 heterocycles. The Hall–Kier alpha value is -1.73. The fraction of sp³-hybridized carbons (Fsp3) is 0.828. The number of aliphatic hydroxyl groups excluding tert-OH is 1. The second-order valence-corrected chi connectivity index (χ2v) is 13.1. The molecule has 2 N–H and O–H groups in total. The van der Waals surface area contributed by atoms with Gasteiger partial charge in [-0.2, -0.15) is 0 Å². The highest BCUT2D eigenvalue weighted by atomic mass is 16.3. The van der Waals surface area contributed by atoms with Crippen LogP contribution in [-0.4, -0.2) is 70.2 Å². The van der Waals surface area contributed by atoms with E-state index in [9.17, 15) is 9.90 Å². The van der Waals surface area contributed by atoms with Crippen LogP contribution in [0.1, 0.15) is 104 Å². The first-order valence-corrected chi connectivity index (χ1v) is 14.4. The van der Waals surface area contributed by atoms with Crippen LogP contribution >= 0.6 is 0 Å². The predicted molar refractivity (Wildman–Crippen MR) is 145 cm³/mol. The number of hydrogen-bond acceptors (Lipinski definition) is 6. The van der Waals surface area contributed by atoms with Gasteiger partial charge >= 0.3 is 0 Å². The van der Waals surface area contributed by atoms with Gasteiger partial charge in [-0.25, -0.2) is 9.97 Å². The molecule has 0 spiro atoms. The van der Waals surface area contributed by atoms with Gasteiger partial charge in [0.1, 0.15) is 11.6 Å². The van der Waals surface area contributed by atoms with Crippen LogP contribution in [-0.2, 0) is 10.2 Å². The molecule has 1 aromatic rings. The molecule has 7 heteroatoms. The molecule has 4 rings (SSSR count). The molecule has 3 fully saturated rings. The van der Waals surface area contributed by atoms with Crippen molar-refractivity contribution in [1.29, 1.82) is 0 Å². The molecule has 0 radical (unpaired) electrons. The van der Waals surface area contributed by atoms with Crippen LogP contribution in [0.2, 0.25) is 0 Å². The number of aliphatic hydroxyl groups is 1. The van der Waals surface area contributed by atoms with E-state index in [4.69, 9.17) is 9.97 Å². The van der Waals surface area contributed by atoms with E-state index in [0.717, 1.165) is 88.0 Å². The van der Waals surface area contributed by atoms with Crippen LogP contribution in [0, 0.1) is 11.8 Å². The first-order chi connectivity index (χ1) is 17.0. The number of nitrogens with zero attached hydrogens (tertiary/aromatic N) is 4. The number of aromatic nitrogens is 2. The number of nitrogens with one attached hydrogen (secondary N) is 1. The molecule has 36 heavy (non-hydrogen) atoms. The number of hydrogen-bond donors (Lipinski definition) is 2. The van der Waals surface area contributed by atoms with Crippen molar-refractivity contribution in [2.24, 2.45) is 11.8 Å². The van der Waals surface area contributed by atoms with E-state index in [1.54, 1.807) is 0 Å². The SMILES string of the molecule is CC(C)c1cc(N2CCN(CCC3CC(NC(=O)C4CCC(O)CC4)C3)C[C@@H]2C)nc(C(C)(C)C)n1. The number of carbonyl (C=O) groups excluding carboxylic acids is 1. The van der Waals surface area contributed by atoms with Crippen LogP contribution in [0.5, 0.6) is 0 Å². The summed E-state index contributed by atoms with van der Waals surface area (Å²) >= 11 is 0. The molecule has 0 unspecified atom stereocenters. The Kier molecular flexibility index (Phi) is 8.60. The molecule has 202 valence electrons. The third-order valence-corrected chi connectivity index (χ3v) is 8.50. The molecule has 1 amide bonds. The first kappa shape index (κ1) is 27.3. The highest BCUT2D eigenvalue weighted by Crippen LogP contribution is 2.33. The van der Waals surface area contributed by atoms with E-state index >= 15 is 0 Å². The summed E-state index contributed by atoms with van der Waals surface area (Å²) in [5, 5.41) is 12.9. The molecule has 1 aromatic heterocycles. The van der Waals surface area contributed by atoms with Gasteiger partial charge in [0.15, 0.2) is 0 Å². The van der Waals surface area contributed by atoms with Gasteiger partial charge in [0.25, 0.3) is 0 Å². The number of amides is 1. The minimum atomic E-state index is -0.203. The molecule has 1 saturated heterocycles. The van der Waals surface area contributed by atoms with Crippen molar-refractivity contribution in [2.45, 2.75) is 116 Å². The molecule has 3 aliphatic rings. The van der Waals surface area contributed by atoms with E-state index in [1.165, 1.54) is 6.42 Å². The van der Waals surface area contributed by atoms with Crippen molar-refractivity contribution < 1.29 is 9.90 Å². The largest absolute Gasteiger partial charge is 0.393 e. The predicted octanol–water partition coefficient (Wildman–Crippen LogP) is 4.24. The normalized spacial score (nSPS) is 29.8. The van der Waals surface area contributed by atoms with Crippen molar-refractivity contribution in [1.82, 2.24) is 20.2 Å². The van der Waals surface area contributed by atoms with Crippen LogP contribution in [0.25, 0.3) is 0 Å².